The van der Waals surface area contributed by atoms with Gasteiger partial charge in [0, 0.05) is 19.2 Å². The Hall–Kier alpha value is -0.610. The fourth-order valence-corrected chi connectivity index (χ4v) is 1.91. The van der Waals surface area contributed by atoms with Crippen molar-refractivity contribution in [3.63, 3.8) is 0 Å². The van der Waals surface area contributed by atoms with E-state index in [1.54, 1.807) is 0 Å². The van der Waals surface area contributed by atoms with Crippen LogP contribution in [0.4, 0.5) is 0 Å². The Labute approximate surface area is 91.0 Å². The molecule has 0 radical (unpaired) electrons. The first-order valence-electron chi connectivity index (χ1n) is 5.69. The van der Waals surface area contributed by atoms with Crippen molar-refractivity contribution >= 4 is 5.97 Å². The molecule has 1 aliphatic heterocycles. The van der Waals surface area contributed by atoms with Gasteiger partial charge < -0.3 is 15.2 Å². The molecule has 4 heteroatoms. The van der Waals surface area contributed by atoms with Crippen LogP contribution >= 0.6 is 0 Å². The Morgan fingerprint density at radius 2 is 2.20 bits per heavy atom. The first-order valence-corrected chi connectivity index (χ1v) is 5.69. The van der Waals surface area contributed by atoms with Crippen LogP contribution in [0, 0.1) is 5.41 Å². The molecule has 15 heavy (non-hydrogen) atoms. The molecule has 1 aliphatic rings. The van der Waals surface area contributed by atoms with Crippen molar-refractivity contribution in [1.82, 2.24) is 5.32 Å². The molecule has 88 valence electrons. The zero-order valence-corrected chi connectivity index (χ0v) is 9.58. The number of aliphatic carboxylic acids is 1. The molecule has 1 fully saturated rings. The lowest BCUT2D eigenvalue weighted by atomic mass is 9.82. The topological polar surface area (TPSA) is 58.6 Å². The fourth-order valence-electron chi connectivity index (χ4n) is 1.91. The van der Waals surface area contributed by atoms with Gasteiger partial charge in [0.1, 0.15) is 0 Å². The van der Waals surface area contributed by atoms with Gasteiger partial charge in [-0.1, -0.05) is 13.8 Å². The molecular formula is C11H21NO3. The maximum Gasteiger partial charge on any atom is 0.310 e. The van der Waals surface area contributed by atoms with Gasteiger partial charge in [-0.05, 0) is 19.3 Å². The zero-order valence-electron chi connectivity index (χ0n) is 9.58. The molecule has 1 atom stereocenters. The molecule has 0 amide bonds. The van der Waals surface area contributed by atoms with E-state index in [0.717, 1.165) is 13.0 Å². The lowest BCUT2D eigenvalue weighted by Gasteiger charge is -2.28. The molecule has 1 saturated heterocycles. The lowest BCUT2D eigenvalue weighted by Crippen LogP contribution is -2.44. The van der Waals surface area contributed by atoms with E-state index < -0.39 is 11.4 Å². The average Bonchev–Trinajstić information content (AvgIpc) is 2.72. The molecule has 0 aromatic rings. The Balaban J connectivity index is 2.46. The summed E-state index contributed by atoms with van der Waals surface area (Å²) in [6.45, 7) is 5.91. The van der Waals surface area contributed by atoms with E-state index >= 15 is 0 Å². The fraction of sp³-hybridized carbons (Fsp3) is 0.909. The minimum Gasteiger partial charge on any atom is -0.481 e. The Morgan fingerprint density at radius 1 is 1.53 bits per heavy atom. The second-order valence-corrected chi connectivity index (χ2v) is 4.23. The number of carboxylic acids is 1. The van der Waals surface area contributed by atoms with Gasteiger partial charge in [0.05, 0.1) is 12.0 Å². The molecule has 4 nitrogen and oxygen atoms in total. The third-order valence-corrected chi connectivity index (χ3v) is 3.47. The van der Waals surface area contributed by atoms with Crippen molar-refractivity contribution in [1.29, 1.82) is 0 Å². The third-order valence-electron chi connectivity index (χ3n) is 3.47. The normalized spacial score (nSPS) is 21.9. The van der Waals surface area contributed by atoms with Crippen LogP contribution in [-0.2, 0) is 9.53 Å². The number of hydrogen-bond donors (Lipinski definition) is 2. The van der Waals surface area contributed by atoms with Crippen LogP contribution in [0.25, 0.3) is 0 Å². The molecule has 1 unspecified atom stereocenters. The van der Waals surface area contributed by atoms with Gasteiger partial charge in [-0.2, -0.15) is 0 Å². The molecule has 1 rings (SSSR count). The van der Waals surface area contributed by atoms with Gasteiger partial charge in [0.2, 0.25) is 0 Å². The summed E-state index contributed by atoms with van der Waals surface area (Å²) in [4.78, 5) is 11.2. The number of ether oxygens (including phenoxy) is 1. The molecule has 0 aliphatic carbocycles. The van der Waals surface area contributed by atoms with Crippen LogP contribution in [0.5, 0.6) is 0 Å². The molecule has 0 bridgehead atoms. The van der Waals surface area contributed by atoms with Crippen LogP contribution in [-0.4, -0.2) is 36.9 Å². The average molecular weight is 215 g/mol. The third kappa shape index (κ3) is 2.92. The van der Waals surface area contributed by atoms with Crippen LogP contribution < -0.4 is 5.32 Å². The van der Waals surface area contributed by atoms with Crippen LogP contribution in [0.2, 0.25) is 0 Å². The highest BCUT2D eigenvalue weighted by molar-refractivity contribution is 5.74. The largest absolute Gasteiger partial charge is 0.481 e. The Kier molecular flexibility index (Phi) is 4.54. The highest BCUT2D eigenvalue weighted by Crippen LogP contribution is 2.26. The summed E-state index contributed by atoms with van der Waals surface area (Å²) in [6, 6.07) is 0.335. The lowest BCUT2D eigenvalue weighted by molar-refractivity contribution is -0.149. The predicted octanol–water partition coefficient (Wildman–Crippen LogP) is 1.26. The molecule has 0 aromatic carbocycles. The van der Waals surface area contributed by atoms with Crippen molar-refractivity contribution in [3.05, 3.63) is 0 Å². The predicted molar refractivity (Wildman–Crippen MR) is 57.9 cm³/mol. The van der Waals surface area contributed by atoms with Gasteiger partial charge in [-0.3, -0.25) is 4.79 Å². The van der Waals surface area contributed by atoms with Gasteiger partial charge in [-0.25, -0.2) is 0 Å². The summed E-state index contributed by atoms with van der Waals surface area (Å²) >= 11 is 0. The summed E-state index contributed by atoms with van der Waals surface area (Å²) in [7, 11) is 0. The van der Waals surface area contributed by atoms with Crippen molar-refractivity contribution in [2.24, 2.45) is 5.41 Å². The maximum absolute atomic E-state index is 11.2. The summed E-state index contributed by atoms with van der Waals surface area (Å²) in [5.41, 5.74) is -0.609. The van der Waals surface area contributed by atoms with Crippen LogP contribution in [0.3, 0.4) is 0 Å². The molecule has 1 heterocycles. The van der Waals surface area contributed by atoms with E-state index in [9.17, 15) is 9.90 Å². The number of carboxylic acid groups (broad SMARTS) is 1. The van der Waals surface area contributed by atoms with E-state index in [0.29, 0.717) is 32.0 Å². The van der Waals surface area contributed by atoms with Crippen molar-refractivity contribution in [2.75, 3.05) is 19.8 Å². The van der Waals surface area contributed by atoms with E-state index in [1.165, 1.54) is 0 Å². The first kappa shape index (κ1) is 12.5. The van der Waals surface area contributed by atoms with E-state index in [1.807, 2.05) is 13.8 Å². The minimum atomic E-state index is -0.695. The van der Waals surface area contributed by atoms with Gasteiger partial charge in [-0.15, -0.1) is 0 Å². The maximum atomic E-state index is 11.2. The second kappa shape index (κ2) is 5.47. The van der Waals surface area contributed by atoms with Crippen LogP contribution in [0.1, 0.15) is 33.1 Å². The quantitative estimate of drug-likeness (QED) is 0.700. The summed E-state index contributed by atoms with van der Waals surface area (Å²) in [5.74, 6) is -0.695. The Morgan fingerprint density at radius 3 is 2.60 bits per heavy atom. The molecule has 2 N–H and O–H groups in total. The van der Waals surface area contributed by atoms with Crippen LogP contribution in [0.15, 0.2) is 0 Å². The SMILES string of the molecule is CCC(CC)(CNC1CCOC1)C(=O)O. The van der Waals surface area contributed by atoms with Crippen molar-refractivity contribution in [3.8, 4) is 0 Å². The summed E-state index contributed by atoms with van der Waals surface area (Å²) in [6.07, 6.45) is 2.32. The van der Waals surface area contributed by atoms with Gasteiger partial charge >= 0.3 is 5.97 Å². The van der Waals surface area contributed by atoms with E-state index in [4.69, 9.17) is 4.74 Å². The number of rotatable bonds is 6. The smallest absolute Gasteiger partial charge is 0.310 e. The Bertz CT molecular complexity index is 208. The van der Waals surface area contributed by atoms with Gasteiger partial charge in [0.15, 0.2) is 0 Å². The zero-order chi connectivity index (χ0) is 11.3. The summed E-state index contributed by atoms with van der Waals surface area (Å²) in [5, 5.41) is 12.5. The first-order chi connectivity index (χ1) is 7.14. The number of hydrogen-bond acceptors (Lipinski definition) is 3. The highest BCUT2D eigenvalue weighted by atomic mass is 16.5. The molecule has 0 aromatic heterocycles. The molecule has 0 spiro atoms. The standard InChI is InChI=1S/C11H21NO3/c1-3-11(4-2,10(13)14)8-12-9-5-6-15-7-9/h9,12H,3-8H2,1-2H3,(H,13,14). The van der Waals surface area contributed by atoms with Crippen molar-refractivity contribution in [2.45, 2.75) is 39.2 Å². The summed E-state index contributed by atoms with van der Waals surface area (Å²) < 4.78 is 5.24. The molecular weight excluding hydrogens is 194 g/mol. The second-order valence-electron chi connectivity index (χ2n) is 4.23. The minimum absolute atomic E-state index is 0.335. The monoisotopic (exact) mass is 215 g/mol. The highest BCUT2D eigenvalue weighted by Gasteiger charge is 2.35. The van der Waals surface area contributed by atoms with E-state index in [2.05, 4.69) is 5.32 Å². The molecule has 0 saturated carbocycles. The van der Waals surface area contributed by atoms with Crippen molar-refractivity contribution < 1.29 is 14.6 Å². The number of carbonyl (C=O) groups is 1. The van der Waals surface area contributed by atoms with E-state index in [-0.39, 0.29) is 0 Å². The number of nitrogens with one attached hydrogen (secondary N) is 1. The van der Waals surface area contributed by atoms with Gasteiger partial charge in [0.25, 0.3) is 0 Å².